The van der Waals surface area contributed by atoms with Gasteiger partial charge in [0.15, 0.2) is 5.65 Å². The van der Waals surface area contributed by atoms with E-state index >= 15 is 4.39 Å². The van der Waals surface area contributed by atoms with Crippen LogP contribution in [0.3, 0.4) is 0 Å². The van der Waals surface area contributed by atoms with Gasteiger partial charge in [-0.2, -0.15) is 0 Å². The van der Waals surface area contributed by atoms with Gasteiger partial charge in [0.25, 0.3) is 5.56 Å². The minimum atomic E-state index is -0.556. The summed E-state index contributed by atoms with van der Waals surface area (Å²) in [7, 11) is 1.66. The van der Waals surface area contributed by atoms with Crippen LogP contribution in [0, 0.1) is 5.82 Å². The van der Waals surface area contributed by atoms with E-state index in [1.54, 1.807) is 31.6 Å². The fraction of sp³-hybridized carbons (Fsp3) is 0.333. The minimum absolute atomic E-state index is 0.197. The van der Waals surface area contributed by atoms with Crippen LogP contribution in [-0.4, -0.2) is 60.0 Å². The van der Waals surface area contributed by atoms with E-state index in [0.29, 0.717) is 49.8 Å². The van der Waals surface area contributed by atoms with Gasteiger partial charge in [-0.3, -0.25) is 14.2 Å². The molecule has 2 aliphatic heterocycles. The number of hydrogen-bond acceptors (Lipinski definition) is 8. The van der Waals surface area contributed by atoms with Gasteiger partial charge < -0.3 is 20.1 Å². The molecular formula is C24H24ClFN6O3. The van der Waals surface area contributed by atoms with Crippen molar-refractivity contribution in [3.05, 3.63) is 68.6 Å². The second-order valence-electron chi connectivity index (χ2n) is 8.27. The molecule has 3 aromatic rings. The van der Waals surface area contributed by atoms with Crippen LogP contribution in [-0.2, 0) is 22.5 Å². The van der Waals surface area contributed by atoms with Gasteiger partial charge in [-0.25, -0.2) is 14.4 Å². The Morgan fingerprint density at radius 2 is 2.20 bits per heavy atom. The summed E-state index contributed by atoms with van der Waals surface area (Å²) < 4.78 is 27.9. The summed E-state index contributed by atoms with van der Waals surface area (Å²) >= 11 is 5.98. The molecule has 0 aliphatic carbocycles. The van der Waals surface area contributed by atoms with Gasteiger partial charge in [0, 0.05) is 54.2 Å². The molecule has 0 amide bonds. The molecule has 1 aromatic carbocycles. The highest BCUT2D eigenvalue weighted by Gasteiger charge is 2.27. The van der Waals surface area contributed by atoms with Crippen molar-refractivity contribution in [2.24, 2.45) is 10.7 Å². The molecule has 2 aromatic heterocycles. The molecule has 0 radical (unpaired) electrons. The second-order valence-corrected chi connectivity index (χ2v) is 8.71. The number of ether oxygens (including phenoxy) is 2. The fourth-order valence-corrected chi connectivity index (χ4v) is 4.54. The number of anilines is 1. The molecule has 0 spiro atoms. The topological polar surface area (TPSA) is 107 Å². The molecule has 1 saturated heterocycles. The van der Waals surface area contributed by atoms with E-state index in [-0.39, 0.29) is 40.2 Å². The average Bonchev–Trinajstić information content (AvgIpc) is 2.87. The first kappa shape index (κ1) is 23.4. The summed E-state index contributed by atoms with van der Waals surface area (Å²) in [6.45, 7) is 2.05. The lowest BCUT2D eigenvalue weighted by molar-refractivity contribution is 0.0676. The number of morpholine rings is 1. The van der Waals surface area contributed by atoms with Crippen molar-refractivity contribution in [3.63, 3.8) is 0 Å². The second kappa shape index (κ2) is 9.73. The first-order chi connectivity index (χ1) is 17.0. The maximum atomic E-state index is 15.0. The number of nitrogens with two attached hydrogens (primary N) is 1. The number of aromatic nitrogens is 3. The Labute approximate surface area is 205 Å². The quantitative estimate of drug-likeness (QED) is 0.550. The molecule has 35 heavy (non-hydrogen) atoms. The van der Waals surface area contributed by atoms with Gasteiger partial charge in [0.1, 0.15) is 23.4 Å². The van der Waals surface area contributed by atoms with E-state index in [4.69, 9.17) is 31.8 Å². The summed E-state index contributed by atoms with van der Waals surface area (Å²) in [5.41, 5.74) is 8.15. The zero-order valence-electron chi connectivity index (χ0n) is 19.1. The third-order valence-electron chi connectivity index (χ3n) is 6.13. The van der Waals surface area contributed by atoms with E-state index in [1.165, 1.54) is 16.7 Å². The number of aliphatic imine (C=N–C) groups is 1. The van der Waals surface area contributed by atoms with Gasteiger partial charge in [0.2, 0.25) is 0 Å². The molecule has 1 fully saturated rings. The van der Waals surface area contributed by atoms with Crippen LogP contribution in [0.4, 0.5) is 10.2 Å². The summed E-state index contributed by atoms with van der Waals surface area (Å²) in [4.78, 5) is 28.9. The molecule has 4 heterocycles. The van der Waals surface area contributed by atoms with Gasteiger partial charge in [0.05, 0.1) is 38.3 Å². The van der Waals surface area contributed by atoms with Gasteiger partial charge >= 0.3 is 0 Å². The first-order valence-electron chi connectivity index (χ1n) is 11.2. The molecule has 5 rings (SSSR count). The zero-order chi connectivity index (χ0) is 24.5. The SMILES string of the molecule is CN=C/C(=C\N)C1CN(c2cn3c(=O)c4c(nc3c(-c3ccc(Cl)cc3F)n2)COCC4)CCO1. The molecule has 0 bridgehead atoms. The number of hydrogen-bond donors (Lipinski definition) is 1. The third kappa shape index (κ3) is 4.40. The van der Waals surface area contributed by atoms with Crippen molar-refractivity contribution in [2.75, 3.05) is 38.3 Å². The molecule has 2 N–H and O–H groups in total. The van der Waals surface area contributed by atoms with E-state index in [0.717, 1.165) is 5.57 Å². The van der Waals surface area contributed by atoms with Crippen molar-refractivity contribution < 1.29 is 13.9 Å². The molecule has 11 heteroatoms. The molecular weight excluding hydrogens is 475 g/mol. The van der Waals surface area contributed by atoms with Crippen molar-refractivity contribution in [1.29, 1.82) is 0 Å². The normalized spacial score (nSPS) is 18.9. The standard InChI is InChI=1S/C24H24ClFN6O3/c1-28-10-14(9-27)20-11-31(5-7-35-20)21-12-32-23(29-19-13-34-6-4-17(19)24(32)33)22(30-21)16-3-2-15(25)8-18(16)26/h2-3,8-10,12,20H,4-7,11,13,27H2,1H3/b14-9+,28-10?. The van der Waals surface area contributed by atoms with Crippen LogP contribution in [0.15, 0.2) is 46.0 Å². The maximum Gasteiger partial charge on any atom is 0.261 e. The molecule has 182 valence electrons. The highest BCUT2D eigenvalue weighted by molar-refractivity contribution is 6.30. The number of fused-ring (bicyclic) bond motifs is 2. The summed E-state index contributed by atoms with van der Waals surface area (Å²) in [5, 5.41) is 0.261. The van der Waals surface area contributed by atoms with Crippen LogP contribution in [0.2, 0.25) is 5.02 Å². The van der Waals surface area contributed by atoms with E-state index in [1.807, 2.05) is 4.90 Å². The Hall–Kier alpha value is -3.34. The first-order valence-corrected chi connectivity index (χ1v) is 11.6. The van der Waals surface area contributed by atoms with Crippen molar-refractivity contribution in [2.45, 2.75) is 19.1 Å². The highest BCUT2D eigenvalue weighted by atomic mass is 35.5. The fourth-order valence-electron chi connectivity index (χ4n) is 4.38. The Kier molecular flexibility index (Phi) is 6.50. The third-order valence-corrected chi connectivity index (χ3v) is 6.37. The van der Waals surface area contributed by atoms with Crippen LogP contribution in [0.5, 0.6) is 0 Å². The number of benzene rings is 1. The minimum Gasteiger partial charge on any atom is -0.404 e. The summed E-state index contributed by atoms with van der Waals surface area (Å²) in [6.07, 6.45) is 4.90. The Bertz CT molecular complexity index is 1410. The molecule has 9 nitrogen and oxygen atoms in total. The molecule has 1 unspecified atom stereocenters. The summed E-state index contributed by atoms with van der Waals surface area (Å²) in [6, 6.07) is 4.34. The van der Waals surface area contributed by atoms with E-state index in [9.17, 15) is 4.79 Å². The number of rotatable bonds is 4. The molecule has 0 saturated carbocycles. The Balaban J connectivity index is 1.69. The molecule has 1 atom stereocenters. The van der Waals surface area contributed by atoms with Crippen LogP contribution in [0.1, 0.15) is 11.3 Å². The predicted molar refractivity (Wildman–Crippen MR) is 132 cm³/mol. The largest absolute Gasteiger partial charge is 0.404 e. The number of halogens is 2. The Morgan fingerprint density at radius 1 is 1.34 bits per heavy atom. The van der Waals surface area contributed by atoms with Crippen molar-refractivity contribution in [1.82, 2.24) is 14.4 Å². The van der Waals surface area contributed by atoms with E-state index < -0.39 is 5.82 Å². The lowest BCUT2D eigenvalue weighted by Gasteiger charge is -2.34. The Morgan fingerprint density at radius 3 is 2.97 bits per heavy atom. The highest BCUT2D eigenvalue weighted by Crippen LogP contribution is 2.30. The van der Waals surface area contributed by atoms with Crippen molar-refractivity contribution in [3.8, 4) is 11.3 Å². The average molecular weight is 499 g/mol. The van der Waals surface area contributed by atoms with Gasteiger partial charge in [-0.15, -0.1) is 0 Å². The van der Waals surface area contributed by atoms with Crippen LogP contribution in [0.25, 0.3) is 16.9 Å². The lowest BCUT2D eigenvalue weighted by atomic mass is 10.1. The zero-order valence-corrected chi connectivity index (χ0v) is 19.8. The lowest BCUT2D eigenvalue weighted by Crippen LogP contribution is -2.44. The van der Waals surface area contributed by atoms with Crippen LogP contribution >= 0.6 is 11.6 Å². The number of nitrogens with zero attached hydrogens (tertiary/aromatic N) is 5. The monoisotopic (exact) mass is 498 g/mol. The van der Waals surface area contributed by atoms with Crippen molar-refractivity contribution >= 4 is 29.3 Å². The van der Waals surface area contributed by atoms with Gasteiger partial charge in [-0.05, 0) is 18.2 Å². The van der Waals surface area contributed by atoms with E-state index in [2.05, 4.69) is 9.98 Å². The van der Waals surface area contributed by atoms with Crippen LogP contribution < -0.4 is 16.2 Å². The van der Waals surface area contributed by atoms with Gasteiger partial charge in [-0.1, -0.05) is 11.6 Å². The predicted octanol–water partition coefficient (Wildman–Crippen LogP) is 2.37. The summed E-state index contributed by atoms with van der Waals surface area (Å²) in [5.74, 6) is -0.0597. The maximum absolute atomic E-state index is 15.0. The smallest absolute Gasteiger partial charge is 0.261 e. The molecule has 2 aliphatic rings.